The van der Waals surface area contributed by atoms with Crippen LogP contribution in [0.15, 0.2) is 0 Å². The smallest absolute Gasteiger partial charge is 0.547 e. The third-order valence-corrected chi connectivity index (χ3v) is 1.24. The Hall–Kier alpha value is 0.536. The number of carbonyl (C=O) groups is 2. The van der Waals surface area contributed by atoms with Crippen molar-refractivity contribution in [3.63, 3.8) is 0 Å². The van der Waals surface area contributed by atoms with Crippen LogP contribution in [0.4, 0.5) is 0 Å². The molecule has 0 bridgehead atoms. The summed E-state index contributed by atoms with van der Waals surface area (Å²) in [6.07, 6.45) is -2.05. The third kappa shape index (κ3) is 3.12. The fourth-order valence-electron chi connectivity index (χ4n) is 0.695. The number of esters is 1. The van der Waals surface area contributed by atoms with E-state index in [9.17, 15) is 14.7 Å². The van der Waals surface area contributed by atoms with Crippen molar-refractivity contribution in [1.29, 1.82) is 0 Å². The third-order valence-electron chi connectivity index (χ3n) is 1.24. The number of epoxide rings is 1. The molecule has 1 saturated heterocycles. The number of carbonyl (C=O) groups excluding carboxylic acids is 2. The van der Waals surface area contributed by atoms with E-state index in [2.05, 4.69) is 9.47 Å². The van der Waals surface area contributed by atoms with Crippen LogP contribution in [0, 0.1) is 0 Å². The van der Waals surface area contributed by atoms with Gasteiger partial charge in [0, 0.05) is 0 Å². The SMILES string of the molecule is CCOC(=O)C1OC1C(=O)[O-].[K+]. The molecule has 1 heterocycles. The van der Waals surface area contributed by atoms with Gasteiger partial charge in [0.25, 0.3) is 0 Å². The number of aliphatic carboxylic acids is 1. The van der Waals surface area contributed by atoms with Gasteiger partial charge < -0.3 is 19.4 Å². The summed E-state index contributed by atoms with van der Waals surface area (Å²) in [6, 6.07) is 0. The Bertz CT molecular complexity index is 192. The normalized spacial score (nSPS) is 25.4. The van der Waals surface area contributed by atoms with Crippen LogP contribution in [0.2, 0.25) is 0 Å². The first-order valence-electron chi connectivity index (χ1n) is 3.19. The minimum absolute atomic E-state index is 0. The van der Waals surface area contributed by atoms with Gasteiger partial charge in [-0.2, -0.15) is 0 Å². The van der Waals surface area contributed by atoms with E-state index in [1.54, 1.807) is 6.92 Å². The molecule has 1 fully saturated rings. The fourth-order valence-corrected chi connectivity index (χ4v) is 0.695. The van der Waals surface area contributed by atoms with Gasteiger partial charge in [0.15, 0.2) is 6.10 Å². The fraction of sp³-hybridized carbons (Fsp3) is 0.667. The molecular weight excluding hydrogens is 191 g/mol. The van der Waals surface area contributed by atoms with E-state index in [1.807, 2.05) is 0 Å². The van der Waals surface area contributed by atoms with E-state index in [4.69, 9.17) is 0 Å². The molecule has 0 saturated carbocycles. The standard InChI is InChI=1S/C6H8O5.K/c1-2-10-6(9)4-3(11-4)5(7)8;/h3-4H,2H2,1H3,(H,7,8);/q;+1/p-1. The Morgan fingerprint density at radius 2 is 2.08 bits per heavy atom. The molecule has 62 valence electrons. The average Bonchev–Trinajstić information content (AvgIpc) is 2.65. The van der Waals surface area contributed by atoms with Crippen LogP contribution < -0.4 is 56.5 Å². The van der Waals surface area contributed by atoms with E-state index in [0.29, 0.717) is 0 Å². The molecule has 2 atom stereocenters. The van der Waals surface area contributed by atoms with Gasteiger partial charge in [-0.15, -0.1) is 0 Å². The molecule has 12 heavy (non-hydrogen) atoms. The van der Waals surface area contributed by atoms with Crippen LogP contribution in [0.1, 0.15) is 6.92 Å². The van der Waals surface area contributed by atoms with Crippen molar-refractivity contribution >= 4 is 11.9 Å². The van der Waals surface area contributed by atoms with Crippen molar-refractivity contribution in [3.05, 3.63) is 0 Å². The predicted molar refractivity (Wildman–Crippen MR) is 30.3 cm³/mol. The van der Waals surface area contributed by atoms with Gasteiger partial charge in [0.1, 0.15) is 6.10 Å². The first-order valence-corrected chi connectivity index (χ1v) is 3.19. The van der Waals surface area contributed by atoms with Crippen molar-refractivity contribution in [2.75, 3.05) is 6.61 Å². The molecule has 6 heteroatoms. The van der Waals surface area contributed by atoms with Crippen molar-refractivity contribution in [1.82, 2.24) is 0 Å². The monoisotopic (exact) mass is 198 g/mol. The topological polar surface area (TPSA) is 79.0 Å². The number of carboxylic acid groups (broad SMARTS) is 1. The van der Waals surface area contributed by atoms with Crippen LogP contribution in [0.25, 0.3) is 0 Å². The van der Waals surface area contributed by atoms with E-state index in [0.717, 1.165) is 0 Å². The minimum Gasteiger partial charge on any atom is -0.547 e. The summed E-state index contributed by atoms with van der Waals surface area (Å²) >= 11 is 0. The molecule has 0 aliphatic carbocycles. The van der Waals surface area contributed by atoms with Crippen LogP contribution >= 0.6 is 0 Å². The number of carboxylic acids is 1. The second-order valence-electron chi connectivity index (χ2n) is 2.05. The molecular formula is C6H7KO5. The first-order chi connectivity index (χ1) is 5.16. The van der Waals surface area contributed by atoms with Crippen molar-refractivity contribution in [2.45, 2.75) is 19.1 Å². The van der Waals surface area contributed by atoms with Crippen molar-refractivity contribution in [3.8, 4) is 0 Å². The average molecular weight is 198 g/mol. The van der Waals surface area contributed by atoms with Crippen LogP contribution in [-0.4, -0.2) is 30.8 Å². The van der Waals surface area contributed by atoms with Gasteiger partial charge >= 0.3 is 57.4 Å². The zero-order valence-electron chi connectivity index (χ0n) is 6.90. The van der Waals surface area contributed by atoms with Crippen LogP contribution in [0.3, 0.4) is 0 Å². The van der Waals surface area contributed by atoms with Gasteiger partial charge in [0.2, 0.25) is 0 Å². The van der Waals surface area contributed by atoms with E-state index < -0.39 is 24.1 Å². The first kappa shape index (κ1) is 12.5. The molecule has 0 radical (unpaired) electrons. The Balaban J connectivity index is 0.00000121. The zero-order valence-corrected chi connectivity index (χ0v) is 10.0. The maximum atomic E-state index is 10.7. The Morgan fingerprint density at radius 3 is 2.42 bits per heavy atom. The Labute approximate surface area is 112 Å². The number of hydrogen-bond donors (Lipinski definition) is 0. The number of ether oxygens (including phenoxy) is 2. The Kier molecular flexibility index (Phi) is 5.54. The molecule has 0 aromatic carbocycles. The molecule has 0 spiro atoms. The molecule has 1 aliphatic rings. The van der Waals surface area contributed by atoms with Gasteiger partial charge in [-0.25, -0.2) is 4.79 Å². The van der Waals surface area contributed by atoms with Gasteiger partial charge in [0.05, 0.1) is 12.6 Å². The summed E-state index contributed by atoms with van der Waals surface area (Å²) in [6.45, 7) is 1.85. The maximum absolute atomic E-state index is 10.7. The summed E-state index contributed by atoms with van der Waals surface area (Å²) in [5.74, 6) is -2.01. The molecule has 0 aromatic rings. The summed E-state index contributed by atoms with van der Waals surface area (Å²) in [4.78, 5) is 20.7. The minimum atomic E-state index is -1.37. The quantitative estimate of drug-likeness (QED) is 0.258. The van der Waals surface area contributed by atoms with Crippen LogP contribution in [0.5, 0.6) is 0 Å². The maximum Gasteiger partial charge on any atom is 1.00 e. The molecule has 5 nitrogen and oxygen atoms in total. The van der Waals surface area contributed by atoms with Crippen molar-refractivity contribution in [2.24, 2.45) is 0 Å². The summed E-state index contributed by atoms with van der Waals surface area (Å²) in [5, 5.41) is 10.0. The van der Waals surface area contributed by atoms with Gasteiger partial charge in [-0.3, -0.25) is 0 Å². The zero-order chi connectivity index (χ0) is 8.43. The molecule has 1 aliphatic heterocycles. The molecule has 1 rings (SSSR count). The molecule has 0 N–H and O–H groups in total. The van der Waals surface area contributed by atoms with Gasteiger partial charge in [-0.1, -0.05) is 0 Å². The molecule has 0 aromatic heterocycles. The number of hydrogen-bond acceptors (Lipinski definition) is 5. The second kappa shape index (κ2) is 5.31. The predicted octanol–water partition coefficient (Wildman–Crippen LogP) is -4.93. The van der Waals surface area contributed by atoms with E-state index in [1.165, 1.54) is 0 Å². The number of rotatable bonds is 3. The summed E-state index contributed by atoms with van der Waals surface area (Å²) in [7, 11) is 0. The van der Waals surface area contributed by atoms with Gasteiger partial charge in [-0.05, 0) is 6.92 Å². The van der Waals surface area contributed by atoms with E-state index >= 15 is 0 Å². The largest absolute Gasteiger partial charge is 1.00 e. The molecule has 2 unspecified atom stereocenters. The second-order valence-corrected chi connectivity index (χ2v) is 2.05. The molecule has 0 amide bonds. The van der Waals surface area contributed by atoms with E-state index in [-0.39, 0.29) is 58.0 Å². The van der Waals surface area contributed by atoms with Crippen LogP contribution in [-0.2, 0) is 19.1 Å². The summed E-state index contributed by atoms with van der Waals surface area (Å²) < 4.78 is 8.95. The Morgan fingerprint density at radius 1 is 1.50 bits per heavy atom. The van der Waals surface area contributed by atoms with Crippen molar-refractivity contribution < 1.29 is 75.6 Å². The summed E-state index contributed by atoms with van der Waals surface area (Å²) in [5.41, 5.74) is 0.